The van der Waals surface area contributed by atoms with Crippen LogP contribution in [-0.4, -0.2) is 43.5 Å². The Hall–Kier alpha value is -3.12. The van der Waals surface area contributed by atoms with Crippen molar-refractivity contribution < 1.29 is 29.6 Å². The largest absolute Gasteiger partial charge is 0.478 e. The van der Waals surface area contributed by atoms with Crippen molar-refractivity contribution in [3.63, 3.8) is 0 Å². The summed E-state index contributed by atoms with van der Waals surface area (Å²) >= 11 is 2.31. The van der Waals surface area contributed by atoms with Gasteiger partial charge in [-0.2, -0.15) is 0 Å². The highest BCUT2D eigenvalue weighted by atomic mass is 32.2. The molecule has 0 aliphatic rings. The average Bonchev–Trinajstić information content (AvgIpc) is 2.74. The molecule has 0 aromatic heterocycles. The maximum absolute atomic E-state index is 11.9. The Morgan fingerprint density at radius 3 is 1.38 bits per heavy atom. The first-order valence-electron chi connectivity index (χ1n) is 9.49. The van der Waals surface area contributed by atoms with E-state index in [1.165, 1.54) is 12.1 Å². The normalized spacial score (nSPS) is 10.7. The van der Waals surface area contributed by atoms with E-state index in [4.69, 9.17) is 0 Å². The summed E-state index contributed by atoms with van der Waals surface area (Å²) < 4.78 is 0. The van der Waals surface area contributed by atoms with Crippen LogP contribution in [-0.2, 0) is 0 Å². The molecule has 0 radical (unpaired) electrons. The Kier molecular flexibility index (Phi) is 8.61. The highest BCUT2D eigenvalue weighted by molar-refractivity contribution is 7.99. The van der Waals surface area contributed by atoms with Gasteiger partial charge in [0, 0.05) is 21.9 Å². The van der Waals surface area contributed by atoms with Crippen LogP contribution in [0.3, 0.4) is 0 Å². The number of nitro benzene ring substituents is 2. The quantitative estimate of drug-likeness (QED) is 0.236. The molecule has 0 bridgehead atoms. The molecule has 0 unspecified atom stereocenters. The summed E-state index contributed by atoms with van der Waals surface area (Å²) in [7, 11) is 0. The van der Waals surface area contributed by atoms with Crippen molar-refractivity contribution in [3.8, 4) is 11.1 Å². The van der Waals surface area contributed by atoms with Crippen molar-refractivity contribution in [1.82, 2.24) is 0 Å². The van der Waals surface area contributed by atoms with Crippen LogP contribution >= 0.6 is 23.5 Å². The molecule has 10 nitrogen and oxygen atoms in total. The third-order valence-electron chi connectivity index (χ3n) is 4.22. The maximum atomic E-state index is 11.9. The number of carbonyl (C=O) groups is 2. The maximum Gasteiger partial charge on any atom is 0.335 e. The van der Waals surface area contributed by atoms with Crippen molar-refractivity contribution in [2.75, 3.05) is 11.5 Å². The number of carboxylic acid groups (broad SMARTS) is 2. The summed E-state index contributed by atoms with van der Waals surface area (Å²) in [5, 5.41) is 42.6. The number of thioether (sulfide) groups is 2. The summed E-state index contributed by atoms with van der Waals surface area (Å²) in [4.78, 5) is 45.8. The zero-order valence-electron chi connectivity index (χ0n) is 17.2. The Bertz CT molecular complexity index is 1000. The topological polar surface area (TPSA) is 161 Å². The summed E-state index contributed by atoms with van der Waals surface area (Å²) in [6, 6.07) is 4.26. The van der Waals surface area contributed by atoms with Gasteiger partial charge in [-0.15, -0.1) is 23.5 Å². The molecular weight excluding hydrogens is 460 g/mol. The fourth-order valence-corrected chi connectivity index (χ4v) is 4.86. The molecule has 170 valence electrons. The number of benzene rings is 2. The van der Waals surface area contributed by atoms with Crippen molar-refractivity contribution in [3.05, 3.63) is 55.6 Å². The molecule has 0 saturated carbocycles. The minimum absolute atomic E-state index is 0.0827. The van der Waals surface area contributed by atoms with Crippen LogP contribution in [0.4, 0.5) is 11.4 Å². The molecular formula is C20H20N2O8S2. The zero-order valence-corrected chi connectivity index (χ0v) is 18.8. The van der Waals surface area contributed by atoms with Crippen molar-refractivity contribution in [2.45, 2.75) is 36.5 Å². The van der Waals surface area contributed by atoms with Crippen LogP contribution in [0.2, 0.25) is 0 Å². The Labute approximate surface area is 191 Å². The lowest BCUT2D eigenvalue weighted by atomic mass is 9.98. The number of carboxylic acids is 2. The van der Waals surface area contributed by atoms with E-state index in [2.05, 4.69) is 0 Å². The van der Waals surface area contributed by atoms with Crippen molar-refractivity contribution >= 4 is 46.8 Å². The van der Waals surface area contributed by atoms with E-state index in [0.29, 0.717) is 24.3 Å². The summed E-state index contributed by atoms with van der Waals surface area (Å²) in [5.41, 5.74) is -1.97. The summed E-state index contributed by atoms with van der Waals surface area (Å²) in [6.07, 6.45) is 1.35. The van der Waals surface area contributed by atoms with Crippen LogP contribution in [0.15, 0.2) is 34.1 Å². The highest BCUT2D eigenvalue weighted by Gasteiger charge is 2.32. The van der Waals surface area contributed by atoms with Gasteiger partial charge in [0.1, 0.15) is 0 Å². The van der Waals surface area contributed by atoms with E-state index < -0.39 is 33.2 Å². The highest BCUT2D eigenvalue weighted by Crippen LogP contribution is 2.48. The van der Waals surface area contributed by atoms with Crippen LogP contribution in [0, 0.1) is 20.2 Å². The van der Waals surface area contributed by atoms with E-state index in [1.54, 1.807) is 0 Å². The Morgan fingerprint density at radius 1 is 0.781 bits per heavy atom. The van der Waals surface area contributed by atoms with E-state index in [-0.39, 0.29) is 32.0 Å². The molecule has 2 aromatic carbocycles. The first kappa shape index (κ1) is 25.1. The van der Waals surface area contributed by atoms with Crippen LogP contribution in [0.1, 0.15) is 47.4 Å². The van der Waals surface area contributed by atoms with Gasteiger partial charge in [0.15, 0.2) is 0 Å². The molecule has 0 spiro atoms. The minimum Gasteiger partial charge on any atom is -0.478 e. The van der Waals surface area contributed by atoms with E-state index in [0.717, 1.165) is 35.7 Å². The number of hydrogen-bond donors (Lipinski definition) is 2. The number of rotatable bonds is 11. The zero-order chi connectivity index (χ0) is 24.0. The van der Waals surface area contributed by atoms with Gasteiger partial charge in [0.2, 0.25) is 0 Å². The number of aromatic carboxylic acids is 2. The van der Waals surface area contributed by atoms with Gasteiger partial charge in [0.05, 0.1) is 32.1 Å². The monoisotopic (exact) mass is 480 g/mol. The Morgan fingerprint density at radius 2 is 1.12 bits per heavy atom. The van der Waals surface area contributed by atoms with Gasteiger partial charge in [-0.25, -0.2) is 9.59 Å². The molecule has 2 N–H and O–H groups in total. The molecule has 0 aliphatic carbocycles. The lowest BCUT2D eigenvalue weighted by molar-refractivity contribution is -0.386. The SMILES string of the molecule is CCCSc1cc(C(=O)O)cc([N+](=O)[O-])c1-c1c(SCCC)cc(C(=O)O)cc1[N+](=O)[O-]. The van der Waals surface area contributed by atoms with Crippen molar-refractivity contribution in [1.29, 1.82) is 0 Å². The minimum atomic E-state index is -1.37. The molecule has 2 aromatic rings. The lowest BCUT2D eigenvalue weighted by Gasteiger charge is -2.16. The van der Waals surface area contributed by atoms with Gasteiger partial charge in [-0.1, -0.05) is 13.8 Å². The second-order valence-electron chi connectivity index (χ2n) is 6.56. The smallest absolute Gasteiger partial charge is 0.335 e. The third kappa shape index (κ3) is 5.56. The molecule has 0 saturated heterocycles. The molecule has 0 amide bonds. The molecule has 2 rings (SSSR count). The standard InChI is InChI=1S/C20H20N2O8S2/c1-3-5-31-15-9-11(19(23)24)7-13(21(27)28)17(15)18-14(22(29)30)8-12(20(25)26)10-16(18)32-6-4-2/h7-10H,3-6H2,1-2H3,(H,23,24)(H,25,26). The van der Waals surface area contributed by atoms with Crippen LogP contribution in [0.5, 0.6) is 0 Å². The van der Waals surface area contributed by atoms with E-state index >= 15 is 0 Å². The van der Waals surface area contributed by atoms with Gasteiger partial charge in [-0.3, -0.25) is 20.2 Å². The molecule has 32 heavy (non-hydrogen) atoms. The molecule has 0 fully saturated rings. The number of hydrogen-bond acceptors (Lipinski definition) is 8. The predicted octanol–water partition coefficient (Wildman–Crippen LogP) is 5.57. The van der Waals surface area contributed by atoms with Gasteiger partial charge in [0.25, 0.3) is 11.4 Å². The predicted molar refractivity (Wildman–Crippen MR) is 121 cm³/mol. The summed E-state index contributed by atoms with van der Waals surface area (Å²) in [6.45, 7) is 3.74. The number of nitro groups is 2. The second kappa shape index (κ2) is 11.0. The summed E-state index contributed by atoms with van der Waals surface area (Å²) in [5.74, 6) is -1.75. The van der Waals surface area contributed by atoms with Crippen molar-refractivity contribution in [2.24, 2.45) is 0 Å². The number of nitrogens with zero attached hydrogens (tertiary/aromatic N) is 2. The molecule has 12 heteroatoms. The van der Waals surface area contributed by atoms with Crippen LogP contribution in [0.25, 0.3) is 11.1 Å². The first-order valence-corrected chi connectivity index (χ1v) is 11.5. The average molecular weight is 481 g/mol. The second-order valence-corrected chi connectivity index (χ2v) is 8.83. The van der Waals surface area contributed by atoms with E-state index in [9.17, 15) is 40.0 Å². The fraction of sp³-hybridized carbons (Fsp3) is 0.300. The molecule has 0 atom stereocenters. The van der Waals surface area contributed by atoms with Gasteiger partial charge >= 0.3 is 11.9 Å². The van der Waals surface area contributed by atoms with E-state index in [1.807, 2.05) is 13.8 Å². The van der Waals surface area contributed by atoms with Gasteiger partial charge in [-0.05, 0) is 36.5 Å². The fourth-order valence-electron chi connectivity index (χ4n) is 2.89. The van der Waals surface area contributed by atoms with Crippen LogP contribution < -0.4 is 0 Å². The third-order valence-corrected chi connectivity index (χ3v) is 6.71. The molecule has 0 aliphatic heterocycles. The lowest BCUT2D eigenvalue weighted by Crippen LogP contribution is -2.06. The molecule has 0 heterocycles. The first-order chi connectivity index (χ1) is 15.1. The Balaban J connectivity index is 3.04. The van der Waals surface area contributed by atoms with Gasteiger partial charge < -0.3 is 10.2 Å².